The van der Waals surface area contributed by atoms with E-state index in [9.17, 15) is 14.7 Å². The van der Waals surface area contributed by atoms with Crippen LogP contribution in [0, 0.1) is 6.92 Å². The third-order valence-electron chi connectivity index (χ3n) is 6.30. The molecule has 0 radical (unpaired) electrons. The minimum Gasteiger partial charge on any atom is -0.507 e. The summed E-state index contributed by atoms with van der Waals surface area (Å²) in [5.41, 5.74) is 3.49. The summed E-state index contributed by atoms with van der Waals surface area (Å²) in [6.45, 7) is 13.5. The minimum absolute atomic E-state index is 0.0122. The van der Waals surface area contributed by atoms with Gasteiger partial charge in [0, 0.05) is 12.1 Å². The molecule has 1 saturated heterocycles. The third kappa shape index (κ3) is 5.19. The van der Waals surface area contributed by atoms with Crippen molar-refractivity contribution in [3.8, 4) is 5.75 Å². The lowest BCUT2D eigenvalue weighted by Crippen LogP contribution is -2.30. The average molecular weight is 464 g/mol. The van der Waals surface area contributed by atoms with Gasteiger partial charge < -0.3 is 14.7 Å². The van der Waals surface area contributed by atoms with E-state index < -0.39 is 17.7 Å². The van der Waals surface area contributed by atoms with E-state index >= 15 is 0 Å². The van der Waals surface area contributed by atoms with Crippen LogP contribution in [0.5, 0.6) is 5.75 Å². The van der Waals surface area contributed by atoms with Crippen molar-refractivity contribution in [2.45, 2.75) is 72.3 Å². The summed E-state index contributed by atoms with van der Waals surface area (Å²) < 4.78 is 5.75. The lowest BCUT2D eigenvalue weighted by Gasteiger charge is -2.26. The molecule has 1 amide bonds. The summed E-state index contributed by atoms with van der Waals surface area (Å²) in [5.74, 6) is -0.592. The van der Waals surface area contributed by atoms with Gasteiger partial charge in [0.2, 0.25) is 0 Å². The van der Waals surface area contributed by atoms with Crippen molar-refractivity contribution in [2.75, 3.05) is 13.2 Å². The number of ketones is 1. The van der Waals surface area contributed by atoms with Gasteiger partial charge in [0.25, 0.3) is 11.7 Å². The number of aryl methyl sites for hydroxylation is 1. The molecule has 1 unspecified atom stereocenters. The summed E-state index contributed by atoms with van der Waals surface area (Å²) >= 11 is 0. The molecule has 1 atom stereocenters. The summed E-state index contributed by atoms with van der Waals surface area (Å²) in [6.07, 6.45) is 2.58. The van der Waals surface area contributed by atoms with Crippen molar-refractivity contribution in [3.05, 3.63) is 70.3 Å². The Hall–Kier alpha value is -3.08. The number of carbonyl (C=O) groups excluding carboxylic acids is 2. The van der Waals surface area contributed by atoms with Crippen LogP contribution in [0.25, 0.3) is 5.76 Å². The van der Waals surface area contributed by atoms with Crippen molar-refractivity contribution in [3.63, 3.8) is 0 Å². The zero-order chi connectivity index (χ0) is 25.0. The van der Waals surface area contributed by atoms with Crippen LogP contribution in [0.3, 0.4) is 0 Å². The van der Waals surface area contributed by atoms with Gasteiger partial charge in [0.15, 0.2) is 0 Å². The van der Waals surface area contributed by atoms with Crippen LogP contribution in [-0.2, 0) is 15.0 Å². The Balaban J connectivity index is 2.10. The maximum atomic E-state index is 13.2. The van der Waals surface area contributed by atoms with Crippen LogP contribution in [-0.4, -0.2) is 34.8 Å². The molecule has 0 saturated carbocycles. The smallest absolute Gasteiger partial charge is 0.295 e. The minimum atomic E-state index is -0.637. The van der Waals surface area contributed by atoms with Gasteiger partial charge in [0.05, 0.1) is 18.2 Å². The van der Waals surface area contributed by atoms with Gasteiger partial charge in [-0.25, -0.2) is 0 Å². The molecule has 1 heterocycles. The lowest BCUT2D eigenvalue weighted by molar-refractivity contribution is -0.139. The first kappa shape index (κ1) is 25.5. The van der Waals surface area contributed by atoms with E-state index in [1.165, 1.54) is 5.56 Å². The second-order valence-electron chi connectivity index (χ2n) is 10.0. The highest BCUT2D eigenvalue weighted by molar-refractivity contribution is 6.46. The van der Waals surface area contributed by atoms with E-state index in [1.807, 2.05) is 38.1 Å². The van der Waals surface area contributed by atoms with Gasteiger partial charge in [-0.3, -0.25) is 9.59 Å². The number of benzene rings is 2. The molecule has 5 nitrogen and oxygen atoms in total. The topological polar surface area (TPSA) is 66.8 Å². The summed E-state index contributed by atoms with van der Waals surface area (Å²) in [7, 11) is 0. The van der Waals surface area contributed by atoms with Gasteiger partial charge in [-0.1, -0.05) is 65.3 Å². The number of aliphatic hydroxyl groups is 1. The van der Waals surface area contributed by atoms with E-state index in [1.54, 1.807) is 23.1 Å². The number of ether oxygens (including phenoxy) is 1. The van der Waals surface area contributed by atoms with E-state index in [4.69, 9.17) is 4.74 Å². The Kier molecular flexibility index (Phi) is 7.86. The molecule has 2 aromatic rings. The number of likely N-dealkylation sites (tertiary alicyclic amines) is 1. The van der Waals surface area contributed by atoms with E-state index in [0.717, 1.165) is 36.1 Å². The summed E-state index contributed by atoms with van der Waals surface area (Å²) in [4.78, 5) is 27.8. The zero-order valence-electron chi connectivity index (χ0n) is 21.3. The van der Waals surface area contributed by atoms with Crippen molar-refractivity contribution in [1.29, 1.82) is 0 Å². The van der Waals surface area contributed by atoms with Crippen LogP contribution in [0.15, 0.2) is 48.0 Å². The predicted octanol–water partition coefficient (Wildman–Crippen LogP) is 6.30. The fourth-order valence-corrected chi connectivity index (χ4v) is 4.28. The predicted molar refractivity (Wildman–Crippen MR) is 136 cm³/mol. The van der Waals surface area contributed by atoms with Crippen LogP contribution in [0.1, 0.15) is 82.2 Å². The van der Waals surface area contributed by atoms with Crippen LogP contribution >= 0.6 is 0 Å². The highest BCUT2D eigenvalue weighted by Crippen LogP contribution is 2.40. The second-order valence-corrected chi connectivity index (χ2v) is 10.0. The van der Waals surface area contributed by atoms with Gasteiger partial charge in [0.1, 0.15) is 11.5 Å². The first-order valence-corrected chi connectivity index (χ1v) is 12.2. The monoisotopic (exact) mass is 463 g/mol. The van der Waals surface area contributed by atoms with Gasteiger partial charge in [-0.15, -0.1) is 0 Å². The molecule has 0 aromatic heterocycles. The Morgan fingerprint density at radius 3 is 2.26 bits per heavy atom. The number of rotatable bonds is 8. The number of Topliss-reactive ketones (excluding diaryl/α,β-unsaturated/α-hetero) is 1. The quantitative estimate of drug-likeness (QED) is 0.283. The molecule has 1 N–H and O–H groups in total. The van der Waals surface area contributed by atoms with Gasteiger partial charge >= 0.3 is 0 Å². The molecule has 1 aliphatic rings. The highest BCUT2D eigenvalue weighted by atomic mass is 16.5. The molecule has 0 bridgehead atoms. The Morgan fingerprint density at radius 2 is 1.71 bits per heavy atom. The molecule has 0 aliphatic carbocycles. The maximum Gasteiger partial charge on any atom is 0.295 e. The number of aliphatic hydroxyl groups excluding tert-OH is 1. The van der Waals surface area contributed by atoms with Crippen LogP contribution < -0.4 is 4.74 Å². The Bertz CT molecular complexity index is 1080. The molecule has 1 aliphatic heterocycles. The van der Waals surface area contributed by atoms with E-state index in [2.05, 4.69) is 27.7 Å². The zero-order valence-corrected chi connectivity index (χ0v) is 21.3. The maximum absolute atomic E-state index is 13.2. The number of hydrogen-bond acceptors (Lipinski definition) is 4. The summed E-state index contributed by atoms with van der Waals surface area (Å²) in [5, 5.41) is 11.3. The second kappa shape index (κ2) is 10.5. The number of unbranched alkanes of at least 4 members (excludes halogenated alkanes) is 1. The van der Waals surface area contributed by atoms with Gasteiger partial charge in [-0.05, 0) is 60.1 Å². The van der Waals surface area contributed by atoms with Crippen LogP contribution in [0.2, 0.25) is 0 Å². The van der Waals surface area contributed by atoms with Crippen molar-refractivity contribution in [2.24, 2.45) is 0 Å². The lowest BCUT2D eigenvalue weighted by atomic mass is 9.85. The van der Waals surface area contributed by atoms with Crippen LogP contribution in [0.4, 0.5) is 0 Å². The Morgan fingerprint density at radius 1 is 1.03 bits per heavy atom. The first-order valence-electron chi connectivity index (χ1n) is 12.2. The van der Waals surface area contributed by atoms with Gasteiger partial charge in [-0.2, -0.15) is 0 Å². The largest absolute Gasteiger partial charge is 0.507 e. The number of hydrogen-bond donors (Lipinski definition) is 1. The number of nitrogens with zero attached hydrogens (tertiary/aromatic N) is 1. The highest BCUT2D eigenvalue weighted by Gasteiger charge is 2.45. The molecule has 5 heteroatoms. The fraction of sp³-hybridized carbons (Fsp3) is 0.448. The van der Waals surface area contributed by atoms with E-state index in [-0.39, 0.29) is 16.7 Å². The SMILES string of the molecule is CCCCN1C(=O)C(=O)/C(=C(\O)c2ccc(OCCC)c(C)c2)C1c1ccc(C(C)(C)C)cc1. The molecule has 3 rings (SSSR count). The first-order chi connectivity index (χ1) is 16.1. The standard InChI is InChI=1S/C29H37NO4/c1-7-9-16-30-25(20-10-13-22(14-11-20)29(4,5)6)24(27(32)28(30)33)26(31)21-12-15-23(19(3)18-21)34-17-8-2/h10-15,18,25,31H,7-9,16-17H2,1-6H3/b26-24-. The Labute approximate surface area is 203 Å². The fourth-order valence-electron chi connectivity index (χ4n) is 4.28. The molecule has 2 aromatic carbocycles. The molecule has 34 heavy (non-hydrogen) atoms. The number of carbonyl (C=O) groups is 2. The van der Waals surface area contributed by atoms with Crippen molar-refractivity contribution < 1.29 is 19.4 Å². The molecular formula is C29H37NO4. The third-order valence-corrected chi connectivity index (χ3v) is 6.30. The average Bonchev–Trinajstić information content (AvgIpc) is 3.05. The van der Waals surface area contributed by atoms with Crippen molar-refractivity contribution in [1.82, 2.24) is 4.90 Å². The summed E-state index contributed by atoms with van der Waals surface area (Å²) in [6, 6.07) is 12.8. The normalized spacial score (nSPS) is 17.9. The number of amides is 1. The molecule has 182 valence electrons. The molecule has 1 fully saturated rings. The molecular weight excluding hydrogens is 426 g/mol. The molecule has 0 spiro atoms. The van der Waals surface area contributed by atoms with E-state index in [0.29, 0.717) is 18.7 Å². The van der Waals surface area contributed by atoms with Crippen molar-refractivity contribution >= 4 is 17.4 Å².